The molecule has 2 amide bonds. The molecular formula is C26H35FN2O3. The van der Waals surface area contributed by atoms with Crippen LogP contribution < -0.4 is 10.1 Å². The van der Waals surface area contributed by atoms with Crippen molar-refractivity contribution in [3.63, 3.8) is 0 Å². The highest BCUT2D eigenvalue weighted by Gasteiger charge is 2.28. The van der Waals surface area contributed by atoms with E-state index in [-0.39, 0.29) is 30.8 Å². The zero-order valence-corrected chi connectivity index (χ0v) is 19.6. The molecule has 0 aliphatic heterocycles. The van der Waals surface area contributed by atoms with Crippen molar-refractivity contribution in [2.45, 2.75) is 65.5 Å². The van der Waals surface area contributed by atoms with E-state index in [1.165, 1.54) is 22.6 Å². The summed E-state index contributed by atoms with van der Waals surface area (Å²) in [5, 5.41) is 2.92. The van der Waals surface area contributed by atoms with Crippen LogP contribution in [0.1, 0.15) is 64.0 Å². The normalized spacial score (nSPS) is 11.8. The van der Waals surface area contributed by atoms with Crippen molar-refractivity contribution in [2.24, 2.45) is 0 Å². The lowest BCUT2D eigenvalue weighted by Crippen LogP contribution is -2.50. The molecule has 6 heteroatoms. The number of hydrogen-bond acceptors (Lipinski definition) is 3. The van der Waals surface area contributed by atoms with Gasteiger partial charge in [0.1, 0.15) is 17.6 Å². The van der Waals surface area contributed by atoms with Gasteiger partial charge in [-0.05, 0) is 54.2 Å². The van der Waals surface area contributed by atoms with Crippen LogP contribution in [0.2, 0.25) is 0 Å². The first kappa shape index (κ1) is 25.4. The number of rotatable bonds is 12. The molecular weight excluding hydrogens is 407 g/mol. The predicted octanol–water partition coefficient (Wildman–Crippen LogP) is 5.05. The van der Waals surface area contributed by atoms with E-state index < -0.39 is 6.04 Å². The van der Waals surface area contributed by atoms with Gasteiger partial charge in [0, 0.05) is 13.1 Å². The van der Waals surface area contributed by atoms with Crippen molar-refractivity contribution in [3.8, 4) is 5.75 Å². The maximum absolute atomic E-state index is 13.3. The van der Waals surface area contributed by atoms with E-state index in [9.17, 15) is 14.0 Å². The molecule has 1 atom stereocenters. The molecule has 0 aromatic heterocycles. The maximum atomic E-state index is 13.3. The molecule has 0 aliphatic carbocycles. The lowest BCUT2D eigenvalue weighted by atomic mass is 10.0. The Kier molecular flexibility index (Phi) is 10.2. The number of hydrogen-bond donors (Lipinski definition) is 1. The third-order valence-corrected chi connectivity index (χ3v) is 5.39. The Bertz CT molecular complexity index is 850. The van der Waals surface area contributed by atoms with Crippen LogP contribution in [-0.2, 0) is 16.1 Å². The fourth-order valence-electron chi connectivity index (χ4n) is 3.39. The van der Waals surface area contributed by atoms with Crippen molar-refractivity contribution < 1.29 is 18.7 Å². The average molecular weight is 443 g/mol. The Morgan fingerprint density at radius 1 is 1.03 bits per heavy atom. The minimum Gasteiger partial charge on any atom is -0.484 e. The minimum atomic E-state index is -0.628. The summed E-state index contributed by atoms with van der Waals surface area (Å²) in [6, 6.07) is 13.0. The van der Waals surface area contributed by atoms with E-state index >= 15 is 0 Å². The van der Waals surface area contributed by atoms with Gasteiger partial charge in [-0.25, -0.2) is 4.39 Å². The van der Waals surface area contributed by atoms with Gasteiger partial charge in [0.15, 0.2) is 6.61 Å². The summed E-state index contributed by atoms with van der Waals surface area (Å²) in [5.74, 6) is 0.194. The van der Waals surface area contributed by atoms with E-state index in [0.29, 0.717) is 24.6 Å². The standard InChI is InChI=1S/C26H35FN2O3/c1-5-7-16-28-26(31)24(6-2)29(17-20-8-12-22(27)13-9-20)25(30)18-32-23-14-10-21(11-15-23)19(3)4/h8-15,19,24H,5-7,16-18H2,1-4H3,(H,28,31). The molecule has 0 heterocycles. The van der Waals surface area contributed by atoms with Crippen molar-refractivity contribution in [2.75, 3.05) is 13.2 Å². The number of amides is 2. The number of carbonyl (C=O) groups is 2. The summed E-state index contributed by atoms with van der Waals surface area (Å²) in [4.78, 5) is 27.5. The topological polar surface area (TPSA) is 58.6 Å². The molecule has 1 unspecified atom stereocenters. The second-order valence-corrected chi connectivity index (χ2v) is 8.23. The fraction of sp³-hybridized carbons (Fsp3) is 0.462. The summed E-state index contributed by atoms with van der Waals surface area (Å²) in [6.07, 6.45) is 2.32. The second-order valence-electron chi connectivity index (χ2n) is 8.23. The SMILES string of the molecule is CCCCNC(=O)C(CC)N(Cc1ccc(F)cc1)C(=O)COc1ccc(C(C)C)cc1. The number of halogens is 1. The molecule has 1 N–H and O–H groups in total. The summed E-state index contributed by atoms with van der Waals surface area (Å²) >= 11 is 0. The van der Waals surface area contributed by atoms with E-state index in [0.717, 1.165) is 18.4 Å². The molecule has 2 aromatic rings. The van der Waals surface area contributed by atoms with Gasteiger partial charge in [-0.2, -0.15) is 0 Å². The summed E-state index contributed by atoms with van der Waals surface area (Å²) in [7, 11) is 0. The lowest BCUT2D eigenvalue weighted by molar-refractivity contribution is -0.143. The van der Waals surface area contributed by atoms with E-state index in [2.05, 4.69) is 26.1 Å². The summed E-state index contributed by atoms with van der Waals surface area (Å²) in [6.45, 7) is 8.75. The van der Waals surface area contributed by atoms with Gasteiger partial charge in [0.05, 0.1) is 0 Å². The smallest absolute Gasteiger partial charge is 0.261 e. The molecule has 0 saturated heterocycles. The molecule has 0 radical (unpaired) electrons. The van der Waals surface area contributed by atoms with E-state index in [1.807, 2.05) is 31.2 Å². The first-order valence-corrected chi connectivity index (χ1v) is 11.4. The summed E-state index contributed by atoms with van der Waals surface area (Å²) < 4.78 is 19.1. The van der Waals surface area contributed by atoms with Crippen LogP contribution in [0.25, 0.3) is 0 Å². The zero-order chi connectivity index (χ0) is 23.5. The highest BCUT2D eigenvalue weighted by molar-refractivity contribution is 5.88. The maximum Gasteiger partial charge on any atom is 0.261 e. The van der Waals surface area contributed by atoms with Crippen LogP contribution in [0.5, 0.6) is 5.75 Å². The molecule has 2 aromatic carbocycles. The molecule has 32 heavy (non-hydrogen) atoms. The highest BCUT2D eigenvalue weighted by atomic mass is 19.1. The quantitative estimate of drug-likeness (QED) is 0.468. The Morgan fingerprint density at radius 3 is 2.25 bits per heavy atom. The molecule has 2 rings (SSSR count). The van der Waals surface area contributed by atoms with Gasteiger partial charge >= 0.3 is 0 Å². The average Bonchev–Trinajstić information content (AvgIpc) is 2.79. The molecule has 0 bridgehead atoms. The van der Waals surface area contributed by atoms with Gasteiger partial charge in [-0.15, -0.1) is 0 Å². The molecule has 0 fully saturated rings. The monoisotopic (exact) mass is 442 g/mol. The lowest BCUT2D eigenvalue weighted by Gasteiger charge is -2.30. The molecule has 0 aliphatic rings. The number of ether oxygens (including phenoxy) is 1. The largest absolute Gasteiger partial charge is 0.484 e. The molecule has 5 nitrogen and oxygen atoms in total. The number of unbranched alkanes of at least 4 members (excludes halogenated alkanes) is 1. The molecule has 174 valence electrons. The van der Waals surface area contributed by atoms with Crippen molar-refractivity contribution >= 4 is 11.8 Å². The second kappa shape index (κ2) is 12.8. The number of nitrogens with zero attached hydrogens (tertiary/aromatic N) is 1. The van der Waals surface area contributed by atoms with Crippen LogP contribution in [0.15, 0.2) is 48.5 Å². The first-order valence-electron chi connectivity index (χ1n) is 11.4. The first-order chi connectivity index (χ1) is 15.3. The van der Waals surface area contributed by atoms with Gasteiger partial charge in [-0.1, -0.05) is 58.4 Å². The molecule has 0 saturated carbocycles. The number of carbonyl (C=O) groups excluding carboxylic acids is 2. The minimum absolute atomic E-state index is 0.180. The fourth-order valence-corrected chi connectivity index (χ4v) is 3.39. The van der Waals surface area contributed by atoms with Gasteiger partial charge in [-0.3, -0.25) is 9.59 Å². The summed E-state index contributed by atoms with van der Waals surface area (Å²) in [5.41, 5.74) is 1.94. The van der Waals surface area contributed by atoms with Crippen molar-refractivity contribution in [1.29, 1.82) is 0 Å². The number of nitrogens with one attached hydrogen (secondary N) is 1. The van der Waals surface area contributed by atoms with Gasteiger partial charge < -0.3 is 15.0 Å². The Morgan fingerprint density at radius 2 is 1.69 bits per heavy atom. The van der Waals surface area contributed by atoms with Crippen LogP contribution in [0, 0.1) is 5.82 Å². The van der Waals surface area contributed by atoms with Crippen LogP contribution in [0.4, 0.5) is 4.39 Å². The van der Waals surface area contributed by atoms with Crippen LogP contribution in [-0.4, -0.2) is 35.9 Å². The highest BCUT2D eigenvalue weighted by Crippen LogP contribution is 2.19. The van der Waals surface area contributed by atoms with Crippen molar-refractivity contribution in [1.82, 2.24) is 10.2 Å². The third kappa shape index (κ3) is 7.66. The molecule has 0 spiro atoms. The third-order valence-electron chi connectivity index (χ3n) is 5.39. The number of benzene rings is 2. The zero-order valence-electron chi connectivity index (χ0n) is 19.6. The van der Waals surface area contributed by atoms with Crippen molar-refractivity contribution in [3.05, 3.63) is 65.5 Å². The van der Waals surface area contributed by atoms with E-state index in [4.69, 9.17) is 4.74 Å². The van der Waals surface area contributed by atoms with Crippen LogP contribution in [0.3, 0.4) is 0 Å². The van der Waals surface area contributed by atoms with Gasteiger partial charge in [0.25, 0.3) is 5.91 Å². The van der Waals surface area contributed by atoms with Gasteiger partial charge in [0.2, 0.25) is 5.91 Å². The Labute approximate surface area is 191 Å². The Balaban J connectivity index is 2.14. The predicted molar refractivity (Wildman–Crippen MR) is 125 cm³/mol. The van der Waals surface area contributed by atoms with E-state index in [1.54, 1.807) is 12.1 Å². The van der Waals surface area contributed by atoms with Crippen LogP contribution >= 0.6 is 0 Å². The Hall–Kier alpha value is -2.89.